The minimum atomic E-state index is -0.169. The number of nitrogens with one attached hydrogen (secondary N) is 1. The molecule has 3 rings (SSSR count). The van der Waals surface area contributed by atoms with E-state index in [9.17, 15) is 4.79 Å². The van der Waals surface area contributed by atoms with Gasteiger partial charge in [0.05, 0.1) is 12.2 Å². The molecular formula is C21H26N2O3. The first-order valence-electron chi connectivity index (χ1n) is 9.21. The largest absolute Gasteiger partial charge is 0.490 e. The first-order chi connectivity index (χ1) is 12.7. The molecule has 138 valence electrons. The maximum Gasteiger partial charge on any atom is 0.259 e. The number of hydrogen-bond donors (Lipinski definition) is 1. The molecule has 0 aromatic heterocycles. The monoisotopic (exact) mass is 354 g/mol. The Morgan fingerprint density at radius 3 is 2.81 bits per heavy atom. The van der Waals surface area contributed by atoms with Crippen LogP contribution in [0.1, 0.15) is 29.8 Å². The zero-order chi connectivity index (χ0) is 18.4. The van der Waals surface area contributed by atoms with Gasteiger partial charge >= 0.3 is 0 Å². The van der Waals surface area contributed by atoms with Crippen LogP contribution in [-0.2, 0) is 11.2 Å². The van der Waals surface area contributed by atoms with E-state index in [0.717, 1.165) is 25.2 Å². The Hall–Kier alpha value is -2.53. The maximum absolute atomic E-state index is 12.7. The number of anilines is 2. The van der Waals surface area contributed by atoms with Gasteiger partial charge in [0.1, 0.15) is 12.4 Å². The van der Waals surface area contributed by atoms with Gasteiger partial charge < -0.3 is 19.7 Å². The molecule has 0 saturated carbocycles. The summed E-state index contributed by atoms with van der Waals surface area (Å²) >= 11 is 0. The summed E-state index contributed by atoms with van der Waals surface area (Å²) in [6.45, 7) is 7.68. The van der Waals surface area contributed by atoms with Gasteiger partial charge in [-0.15, -0.1) is 0 Å². The highest BCUT2D eigenvalue weighted by atomic mass is 16.5. The molecule has 1 amide bonds. The molecule has 5 nitrogen and oxygen atoms in total. The summed E-state index contributed by atoms with van der Waals surface area (Å²) in [5.41, 5.74) is 3.88. The Morgan fingerprint density at radius 2 is 2.00 bits per heavy atom. The van der Waals surface area contributed by atoms with Crippen LogP contribution in [0.3, 0.4) is 0 Å². The summed E-state index contributed by atoms with van der Waals surface area (Å²) in [7, 11) is 0. The Balaban J connectivity index is 1.71. The summed E-state index contributed by atoms with van der Waals surface area (Å²) in [6, 6.07) is 13.4. The number of nitrogens with zero attached hydrogens (tertiary/aromatic N) is 1. The van der Waals surface area contributed by atoms with E-state index in [1.54, 1.807) is 6.07 Å². The van der Waals surface area contributed by atoms with Gasteiger partial charge in [-0.05, 0) is 50.1 Å². The normalized spacial score (nSPS) is 12.8. The van der Waals surface area contributed by atoms with Crippen LogP contribution in [0.4, 0.5) is 11.4 Å². The van der Waals surface area contributed by atoms with Crippen molar-refractivity contribution in [2.45, 2.75) is 20.3 Å². The topological polar surface area (TPSA) is 50.8 Å². The van der Waals surface area contributed by atoms with Crippen molar-refractivity contribution < 1.29 is 14.3 Å². The van der Waals surface area contributed by atoms with Gasteiger partial charge in [-0.2, -0.15) is 0 Å². The third-order valence-electron chi connectivity index (χ3n) is 4.54. The lowest BCUT2D eigenvalue weighted by molar-refractivity contribution is 0.0998. The molecule has 0 atom stereocenters. The summed E-state index contributed by atoms with van der Waals surface area (Å²) in [6.07, 6.45) is 1.06. The Bertz CT molecular complexity index is 761. The third kappa shape index (κ3) is 4.17. The second kappa shape index (κ2) is 8.72. The van der Waals surface area contributed by atoms with Crippen LogP contribution in [0.2, 0.25) is 0 Å². The highest BCUT2D eigenvalue weighted by molar-refractivity contribution is 6.06. The maximum atomic E-state index is 12.7. The number of hydrogen-bond acceptors (Lipinski definition) is 4. The number of benzene rings is 2. The second-order valence-electron chi connectivity index (χ2n) is 6.17. The standard InChI is InChI=1S/C21H26N2O3/c1-3-23-12-11-16-9-10-17(15-19(16)23)22-21(24)18-7-5-6-8-20(18)26-14-13-25-4-2/h5-10,15H,3-4,11-14H2,1-2H3,(H,22,24). The number of carbonyl (C=O) groups is 1. The Labute approximate surface area is 154 Å². The molecular weight excluding hydrogens is 328 g/mol. The van der Waals surface area contributed by atoms with Crippen molar-refractivity contribution in [3.05, 3.63) is 53.6 Å². The van der Waals surface area contributed by atoms with Crippen molar-refractivity contribution in [3.63, 3.8) is 0 Å². The molecule has 0 aliphatic carbocycles. The van der Waals surface area contributed by atoms with Crippen LogP contribution < -0.4 is 15.0 Å². The van der Waals surface area contributed by atoms with Crippen molar-refractivity contribution in [1.82, 2.24) is 0 Å². The van der Waals surface area contributed by atoms with Gasteiger partial charge in [0.15, 0.2) is 0 Å². The average molecular weight is 354 g/mol. The summed E-state index contributed by atoms with van der Waals surface area (Å²) in [5, 5.41) is 3.00. The van der Waals surface area contributed by atoms with Crippen LogP contribution in [0, 0.1) is 0 Å². The lowest BCUT2D eigenvalue weighted by Gasteiger charge is -2.17. The van der Waals surface area contributed by atoms with Crippen molar-refractivity contribution in [1.29, 1.82) is 0 Å². The average Bonchev–Trinajstić information content (AvgIpc) is 3.08. The highest BCUT2D eigenvalue weighted by Gasteiger charge is 2.19. The molecule has 1 N–H and O–H groups in total. The minimum Gasteiger partial charge on any atom is -0.490 e. The van der Waals surface area contributed by atoms with E-state index in [4.69, 9.17) is 9.47 Å². The van der Waals surface area contributed by atoms with Gasteiger partial charge in [-0.3, -0.25) is 4.79 Å². The van der Waals surface area contributed by atoms with Gasteiger partial charge in [0, 0.05) is 31.1 Å². The Morgan fingerprint density at radius 1 is 1.15 bits per heavy atom. The molecule has 0 saturated heterocycles. The first-order valence-corrected chi connectivity index (χ1v) is 9.21. The van der Waals surface area contributed by atoms with Crippen molar-refractivity contribution in [2.24, 2.45) is 0 Å². The Kier molecular flexibility index (Phi) is 6.12. The number of para-hydroxylation sites is 1. The molecule has 1 aliphatic heterocycles. The SMILES string of the molecule is CCOCCOc1ccccc1C(=O)Nc1ccc2c(c1)N(CC)CC2. The molecule has 0 bridgehead atoms. The van der Waals surface area contributed by atoms with E-state index < -0.39 is 0 Å². The van der Waals surface area contributed by atoms with E-state index >= 15 is 0 Å². The molecule has 0 unspecified atom stereocenters. The second-order valence-corrected chi connectivity index (χ2v) is 6.17. The van der Waals surface area contributed by atoms with Gasteiger partial charge in [0.25, 0.3) is 5.91 Å². The van der Waals surface area contributed by atoms with Crippen LogP contribution in [0.25, 0.3) is 0 Å². The molecule has 26 heavy (non-hydrogen) atoms. The zero-order valence-electron chi connectivity index (χ0n) is 15.5. The number of carbonyl (C=O) groups excluding carboxylic acids is 1. The van der Waals surface area contributed by atoms with E-state index in [2.05, 4.69) is 29.3 Å². The fourth-order valence-corrected chi connectivity index (χ4v) is 3.19. The smallest absolute Gasteiger partial charge is 0.259 e. The first kappa shape index (κ1) is 18.3. The summed E-state index contributed by atoms with van der Waals surface area (Å²) in [4.78, 5) is 15.1. The number of fused-ring (bicyclic) bond motifs is 1. The lowest BCUT2D eigenvalue weighted by atomic mass is 10.1. The molecule has 2 aromatic rings. The van der Waals surface area contributed by atoms with Crippen LogP contribution in [-0.4, -0.2) is 38.8 Å². The number of amides is 1. The predicted molar refractivity (Wildman–Crippen MR) is 104 cm³/mol. The number of rotatable bonds is 8. The van der Waals surface area contributed by atoms with Crippen LogP contribution in [0.15, 0.2) is 42.5 Å². The fraction of sp³-hybridized carbons (Fsp3) is 0.381. The summed E-state index contributed by atoms with van der Waals surface area (Å²) in [5.74, 6) is 0.402. The van der Waals surface area contributed by atoms with Crippen molar-refractivity contribution >= 4 is 17.3 Å². The predicted octanol–water partition coefficient (Wildman–Crippen LogP) is 3.74. The van der Waals surface area contributed by atoms with Gasteiger partial charge in [-0.1, -0.05) is 18.2 Å². The van der Waals surface area contributed by atoms with Crippen molar-refractivity contribution in [2.75, 3.05) is 43.1 Å². The molecule has 1 heterocycles. The molecule has 0 fully saturated rings. The van der Waals surface area contributed by atoms with Gasteiger partial charge in [0.2, 0.25) is 0 Å². The third-order valence-corrected chi connectivity index (χ3v) is 4.54. The van der Waals surface area contributed by atoms with Crippen LogP contribution in [0.5, 0.6) is 5.75 Å². The van der Waals surface area contributed by atoms with E-state index in [1.807, 2.05) is 31.2 Å². The molecule has 5 heteroatoms. The molecule has 0 radical (unpaired) electrons. The molecule has 0 spiro atoms. The lowest BCUT2D eigenvalue weighted by Crippen LogP contribution is -2.19. The summed E-state index contributed by atoms with van der Waals surface area (Å²) < 4.78 is 11.0. The van der Waals surface area contributed by atoms with Gasteiger partial charge in [-0.25, -0.2) is 0 Å². The van der Waals surface area contributed by atoms with E-state index in [-0.39, 0.29) is 5.91 Å². The van der Waals surface area contributed by atoms with Crippen molar-refractivity contribution in [3.8, 4) is 5.75 Å². The zero-order valence-corrected chi connectivity index (χ0v) is 15.5. The van der Waals surface area contributed by atoms with E-state index in [0.29, 0.717) is 31.1 Å². The fourth-order valence-electron chi connectivity index (χ4n) is 3.19. The molecule has 1 aliphatic rings. The van der Waals surface area contributed by atoms with E-state index in [1.165, 1.54) is 11.3 Å². The molecule has 2 aromatic carbocycles. The minimum absolute atomic E-state index is 0.169. The van der Waals surface area contributed by atoms with Crippen LogP contribution >= 0.6 is 0 Å². The number of ether oxygens (including phenoxy) is 2. The quantitative estimate of drug-likeness (QED) is 0.734. The highest BCUT2D eigenvalue weighted by Crippen LogP contribution is 2.31. The number of likely N-dealkylation sites (N-methyl/N-ethyl adjacent to an activating group) is 1.